The fourth-order valence-electron chi connectivity index (χ4n) is 5.54. The van der Waals surface area contributed by atoms with Crippen LogP contribution in [0.4, 0.5) is 18.9 Å². The Morgan fingerprint density at radius 3 is 2.31 bits per heavy atom. The lowest BCUT2D eigenvalue weighted by Gasteiger charge is -2.32. The molecule has 1 unspecified atom stereocenters. The molecule has 3 aromatic carbocycles. The summed E-state index contributed by atoms with van der Waals surface area (Å²) in [5.41, 5.74) is 0.203. The molecule has 2 N–H and O–H groups in total. The summed E-state index contributed by atoms with van der Waals surface area (Å²) in [7, 11) is 0. The third kappa shape index (κ3) is 5.52. The zero-order chi connectivity index (χ0) is 27.7. The topological polar surface area (TPSA) is 71.3 Å². The maximum absolute atomic E-state index is 14.1. The summed E-state index contributed by atoms with van der Waals surface area (Å²) in [5, 5.41) is 13.2. The number of alkyl halides is 3. The van der Waals surface area contributed by atoms with Crippen LogP contribution in [0, 0.1) is 5.92 Å². The molecule has 1 fully saturated rings. The lowest BCUT2D eigenvalue weighted by molar-refractivity contribution is -0.137. The number of carbonyl (C=O) groups is 2. The molecule has 39 heavy (non-hydrogen) atoms. The first kappa shape index (κ1) is 26.8. The van der Waals surface area contributed by atoms with Crippen LogP contribution in [0.25, 0.3) is 22.2 Å². The van der Waals surface area contributed by atoms with Crippen LogP contribution in [0.5, 0.6) is 0 Å². The molecule has 0 radical (unpaired) electrons. The summed E-state index contributed by atoms with van der Waals surface area (Å²) in [6.45, 7) is 0. The van der Waals surface area contributed by atoms with E-state index in [0.717, 1.165) is 66.4 Å². The number of hydrogen-bond acceptors (Lipinski definition) is 2. The first-order valence-electron chi connectivity index (χ1n) is 12.7. The molecule has 0 saturated heterocycles. The lowest BCUT2D eigenvalue weighted by Crippen LogP contribution is -2.34. The number of fused-ring (bicyclic) bond motifs is 1. The van der Waals surface area contributed by atoms with Gasteiger partial charge in [0.05, 0.1) is 16.8 Å². The van der Waals surface area contributed by atoms with Crippen LogP contribution in [-0.2, 0) is 11.0 Å². The summed E-state index contributed by atoms with van der Waals surface area (Å²) < 4.78 is 43.7. The van der Waals surface area contributed by atoms with Gasteiger partial charge in [-0.15, -0.1) is 0 Å². The van der Waals surface area contributed by atoms with E-state index in [2.05, 4.69) is 5.32 Å². The van der Waals surface area contributed by atoms with E-state index in [1.54, 1.807) is 12.1 Å². The van der Waals surface area contributed by atoms with Crippen LogP contribution in [0.1, 0.15) is 54.1 Å². The Kier molecular flexibility index (Phi) is 7.40. The second kappa shape index (κ2) is 10.8. The molecule has 0 spiro atoms. The largest absolute Gasteiger partial charge is 0.478 e. The number of rotatable bonds is 6. The van der Waals surface area contributed by atoms with Crippen molar-refractivity contribution >= 4 is 40.1 Å². The number of aromatic nitrogens is 1. The van der Waals surface area contributed by atoms with Crippen LogP contribution in [0.15, 0.2) is 72.8 Å². The molecule has 5 rings (SSSR count). The summed E-state index contributed by atoms with van der Waals surface area (Å²) in [4.78, 5) is 25.4. The van der Waals surface area contributed by atoms with E-state index in [0.29, 0.717) is 11.1 Å². The molecule has 4 aromatic rings. The van der Waals surface area contributed by atoms with Crippen molar-refractivity contribution in [3.63, 3.8) is 0 Å². The fraction of sp³-hybridized carbons (Fsp3) is 0.267. The number of para-hydroxylation sites is 1. The van der Waals surface area contributed by atoms with Gasteiger partial charge in [0.15, 0.2) is 0 Å². The second-order valence-electron chi connectivity index (χ2n) is 9.86. The van der Waals surface area contributed by atoms with Crippen molar-refractivity contribution in [1.82, 2.24) is 4.57 Å². The van der Waals surface area contributed by atoms with Crippen LogP contribution >= 0.6 is 11.6 Å². The number of carbonyl (C=O) groups excluding carboxylic acids is 1. The smallest absolute Gasteiger partial charge is 0.418 e. The number of nitrogens with one attached hydrogen (secondary N) is 1. The number of aromatic carboxylic acids is 1. The average molecular weight is 555 g/mol. The first-order chi connectivity index (χ1) is 18.6. The van der Waals surface area contributed by atoms with Crippen molar-refractivity contribution in [2.75, 3.05) is 5.32 Å². The van der Waals surface area contributed by atoms with Crippen molar-refractivity contribution in [2.24, 2.45) is 5.92 Å². The van der Waals surface area contributed by atoms with Crippen LogP contribution in [-0.4, -0.2) is 21.6 Å². The summed E-state index contributed by atoms with van der Waals surface area (Å²) in [6, 6.07) is 18.6. The van der Waals surface area contributed by atoms with Crippen LogP contribution < -0.4 is 5.32 Å². The van der Waals surface area contributed by atoms with E-state index in [1.807, 2.05) is 47.0 Å². The Morgan fingerprint density at radius 2 is 1.64 bits per heavy atom. The maximum Gasteiger partial charge on any atom is 0.418 e. The third-order valence-corrected chi connectivity index (χ3v) is 7.61. The Labute approximate surface area is 228 Å². The van der Waals surface area contributed by atoms with Gasteiger partial charge >= 0.3 is 12.1 Å². The zero-order valence-corrected chi connectivity index (χ0v) is 21.6. The maximum atomic E-state index is 14.1. The van der Waals surface area contributed by atoms with Gasteiger partial charge in [-0.1, -0.05) is 61.2 Å². The van der Waals surface area contributed by atoms with Crippen molar-refractivity contribution in [2.45, 2.75) is 44.3 Å². The number of amides is 1. The van der Waals surface area contributed by atoms with Crippen LogP contribution in [0.3, 0.4) is 0 Å². The number of benzene rings is 3. The minimum Gasteiger partial charge on any atom is -0.478 e. The third-order valence-electron chi connectivity index (χ3n) is 7.36. The Morgan fingerprint density at radius 1 is 0.949 bits per heavy atom. The molecule has 1 saturated carbocycles. The highest BCUT2D eigenvalue weighted by Gasteiger charge is 2.38. The number of carboxylic acid groups (broad SMARTS) is 1. The van der Waals surface area contributed by atoms with Gasteiger partial charge in [0.2, 0.25) is 5.91 Å². The van der Waals surface area contributed by atoms with Crippen molar-refractivity contribution in [1.29, 1.82) is 0 Å². The molecule has 0 aliphatic heterocycles. The molecule has 1 aliphatic carbocycles. The molecule has 1 aromatic heterocycles. The minimum absolute atomic E-state index is 0.103. The molecule has 1 heterocycles. The first-order valence-corrected chi connectivity index (χ1v) is 13.1. The van der Waals surface area contributed by atoms with Gasteiger partial charge in [0.25, 0.3) is 0 Å². The Bertz CT molecular complexity index is 1520. The van der Waals surface area contributed by atoms with E-state index in [-0.39, 0.29) is 5.92 Å². The zero-order valence-electron chi connectivity index (χ0n) is 20.8. The van der Waals surface area contributed by atoms with E-state index >= 15 is 0 Å². The second-order valence-corrected chi connectivity index (χ2v) is 10.3. The number of anilines is 1. The van der Waals surface area contributed by atoms with Gasteiger partial charge in [-0.05, 0) is 66.8 Å². The molecule has 0 bridgehead atoms. The van der Waals surface area contributed by atoms with Crippen molar-refractivity contribution < 1.29 is 27.9 Å². The Hall–Kier alpha value is -3.78. The molecule has 1 amide bonds. The van der Waals surface area contributed by atoms with E-state index in [1.165, 1.54) is 0 Å². The highest BCUT2D eigenvalue weighted by atomic mass is 35.5. The van der Waals surface area contributed by atoms with Gasteiger partial charge in [0.1, 0.15) is 6.04 Å². The van der Waals surface area contributed by atoms with Crippen molar-refractivity contribution in [3.8, 4) is 11.3 Å². The molecule has 1 atom stereocenters. The summed E-state index contributed by atoms with van der Waals surface area (Å²) in [6.07, 6.45) is -0.460. The number of hydrogen-bond donors (Lipinski definition) is 2. The summed E-state index contributed by atoms with van der Waals surface area (Å²) in [5.74, 6) is -2.16. The highest BCUT2D eigenvalue weighted by Crippen LogP contribution is 2.41. The molecule has 5 nitrogen and oxygen atoms in total. The van der Waals surface area contributed by atoms with Crippen molar-refractivity contribution in [3.05, 3.63) is 88.9 Å². The molecule has 1 aliphatic rings. The number of nitrogens with zero attached hydrogens (tertiary/aromatic N) is 1. The SMILES string of the molecule is O=C(O)c1ccc(NC(=O)C(C2CCCCC2)n2c(-c3ccc(Cl)cc3)cc3ccccc32)c(C(F)(F)F)c1. The molecular formula is C30H26ClF3N2O3. The number of halogens is 4. The van der Waals surface area contributed by atoms with E-state index in [9.17, 15) is 27.9 Å². The standard InChI is InChI=1S/C30H26ClF3N2O3/c31-22-13-10-18(11-14-22)26-17-20-8-4-5-9-25(20)36(26)27(19-6-2-1-3-7-19)28(37)35-24-15-12-21(29(38)39)16-23(24)30(32,33)34/h4-5,8-17,19,27H,1-3,6-7H2,(H,35,37)(H,38,39). The van der Waals surface area contributed by atoms with E-state index < -0.39 is 40.9 Å². The van der Waals surface area contributed by atoms with Gasteiger partial charge in [0, 0.05) is 21.6 Å². The number of carboxylic acids is 1. The van der Waals surface area contributed by atoms with Crippen LogP contribution in [0.2, 0.25) is 5.02 Å². The predicted molar refractivity (Wildman–Crippen MR) is 145 cm³/mol. The monoisotopic (exact) mass is 554 g/mol. The highest BCUT2D eigenvalue weighted by molar-refractivity contribution is 6.30. The normalized spacial score (nSPS) is 15.3. The van der Waals surface area contributed by atoms with Gasteiger partial charge in [-0.2, -0.15) is 13.2 Å². The van der Waals surface area contributed by atoms with Gasteiger partial charge in [-0.25, -0.2) is 4.79 Å². The van der Waals surface area contributed by atoms with Gasteiger partial charge in [-0.3, -0.25) is 4.79 Å². The molecule has 202 valence electrons. The minimum atomic E-state index is -4.86. The lowest BCUT2D eigenvalue weighted by atomic mass is 9.83. The average Bonchev–Trinajstić information content (AvgIpc) is 3.28. The Balaban J connectivity index is 1.65. The molecular weight excluding hydrogens is 529 g/mol. The summed E-state index contributed by atoms with van der Waals surface area (Å²) >= 11 is 6.13. The predicted octanol–water partition coefficient (Wildman–Crippen LogP) is 8.44. The fourth-order valence-corrected chi connectivity index (χ4v) is 5.66. The quantitative estimate of drug-likeness (QED) is 0.251. The van der Waals surface area contributed by atoms with E-state index in [4.69, 9.17) is 11.6 Å². The molecule has 9 heteroatoms. The van der Waals surface area contributed by atoms with Gasteiger partial charge < -0.3 is 15.0 Å².